The first-order chi connectivity index (χ1) is 12.4. The molecule has 1 atom stereocenters. The van der Waals surface area contributed by atoms with E-state index in [9.17, 15) is 9.59 Å². The van der Waals surface area contributed by atoms with Crippen LogP contribution in [0.3, 0.4) is 0 Å². The van der Waals surface area contributed by atoms with Gasteiger partial charge in [-0.3, -0.25) is 14.6 Å². The van der Waals surface area contributed by atoms with Crippen LogP contribution in [0.15, 0.2) is 18.3 Å². The predicted molar refractivity (Wildman–Crippen MR) is 102 cm³/mol. The summed E-state index contributed by atoms with van der Waals surface area (Å²) in [6, 6.07) is 3.58. The number of primary amides is 1. The first-order valence-electron chi connectivity index (χ1n) is 8.88. The van der Waals surface area contributed by atoms with Crippen LogP contribution in [0.2, 0.25) is 0 Å². The van der Waals surface area contributed by atoms with Gasteiger partial charge >= 0.3 is 0 Å². The second kappa shape index (κ2) is 7.53. The van der Waals surface area contributed by atoms with E-state index in [0.29, 0.717) is 18.9 Å². The molecule has 2 aromatic rings. The van der Waals surface area contributed by atoms with Crippen molar-refractivity contribution in [2.24, 2.45) is 5.73 Å². The Balaban J connectivity index is 1.79. The Morgan fingerprint density at radius 2 is 2.19 bits per heavy atom. The van der Waals surface area contributed by atoms with Gasteiger partial charge in [0.1, 0.15) is 11.0 Å². The van der Waals surface area contributed by atoms with Gasteiger partial charge in [0.15, 0.2) is 0 Å². The zero-order valence-electron chi connectivity index (χ0n) is 15.4. The highest BCUT2D eigenvalue weighted by atomic mass is 32.1. The topological polar surface area (TPSA) is 89.2 Å². The fraction of sp³-hybridized carbons (Fsp3) is 0.474. The van der Waals surface area contributed by atoms with E-state index in [1.54, 1.807) is 4.90 Å². The van der Waals surface area contributed by atoms with E-state index in [-0.39, 0.29) is 12.3 Å². The van der Waals surface area contributed by atoms with Gasteiger partial charge in [-0.2, -0.15) is 0 Å². The van der Waals surface area contributed by atoms with E-state index in [0.717, 1.165) is 33.3 Å². The number of pyridine rings is 1. The number of aryl methyl sites for hydroxylation is 1. The lowest BCUT2D eigenvalue weighted by Gasteiger charge is -2.21. The van der Waals surface area contributed by atoms with Gasteiger partial charge in [-0.1, -0.05) is 13.8 Å². The molecule has 6 nitrogen and oxygen atoms in total. The molecule has 2 amide bonds. The molecule has 3 rings (SSSR count). The minimum atomic E-state index is -0.475. The van der Waals surface area contributed by atoms with E-state index >= 15 is 0 Å². The van der Waals surface area contributed by atoms with Crippen LogP contribution < -0.4 is 5.73 Å². The highest BCUT2D eigenvalue weighted by molar-refractivity contribution is 7.15. The third-order valence-corrected chi connectivity index (χ3v) is 5.89. The molecule has 0 aliphatic carbocycles. The molecule has 26 heavy (non-hydrogen) atoms. The summed E-state index contributed by atoms with van der Waals surface area (Å²) < 4.78 is 0. The Bertz CT molecular complexity index is 831. The summed E-state index contributed by atoms with van der Waals surface area (Å²) in [7, 11) is 0. The van der Waals surface area contributed by atoms with Gasteiger partial charge in [-0.05, 0) is 43.4 Å². The lowest BCUT2D eigenvalue weighted by atomic mass is 10.1. The van der Waals surface area contributed by atoms with Gasteiger partial charge in [-0.15, -0.1) is 11.3 Å². The van der Waals surface area contributed by atoms with Crippen molar-refractivity contribution in [1.29, 1.82) is 0 Å². The van der Waals surface area contributed by atoms with Crippen molar-refractivity contribution >= 4 is 23.2 Å². The highest BCUT2D eigenvalue weighted by Crippen LogP contribution is 2.32. The standard InChI is InChI=1S/C19H24N4O2S/c1-11(2)14-9-13(6-7-21-14)18-12(3)22-16(26-18)10-17(24)23-8-4-5-15(23)19(20)25/h6-7,9,11,15H,4-5,8,10H2,1-3H3,(H2,20,25)/t15-/m0/s1. The summed E-state index contributed by atoms with van der Waals surface area (Å²) in [6.07, 6.45) is 3.49. The maximum atomic E-state index is 12.6. The van der Waals surface area contributed by atoms with Gasteiger partial charge in [0, 0.05) is 18.4 Å². The van der Waals surface area contributed by atoms with Crippen LogP contribution in [0.25, 0.3) is 10.4 Å². The monoisotopic (exact) mass is 372 g/mol. The summed E-state index contributed by atoms with van der Waals surface area (Å²) in [5, 5.41) is 0.764. The van der Waals surface area contributed by atoms with Crippen molar-refractivity contribution in [3.8, 4) is 10.4 Å². The number of carbonyl (C=O) groups excluding carboxylic acids is 2. The van der Waals surface area contributed by atoms with Crippen molar-refractivity contribution in [2.75, 3.05) is 6.54 Å². The number of rotatable bonds is 5. The Labute approximate surface area is 157 Å². The SMILES string of the molecule is Cc1nc(CC(=O)N2CCC[C@H]2C(N)=O)sc1-c1ccnc(C(C)C)c1. The molecule has 0 unspecified atom stereocenters. The van der Waals surface area contributed by atoms with Crippen molar-refractivity contribution < 1.29 is 9.59 Å². The van der Waals surface area contributed by atoms with Gasteiger partial charge in [0.05, 0.1) is 17.0 Å². The molecule has 7 heteroatoms. The molecule has 1 fully saturated rings. The molecule has 2 aromatic heterocycles. The normalized spacial score (nSPS) is 17.1. The number of hydrogen-bond acceptors (Lipinski definition) is 5. The zero-order chi connectivity index (χ0) is 18.8. The highest BCUT2D eigenvalue weighted by Gasteiger charge is 2.32. The summed E-state index contributed by atoms with van der Waals surface area (Å²) in [5.74, 6) is -0.154. The van der Waals surface area contributed by atoms with E-state index in [4.69, 9.17) is 5.73 Å². The quantitative estimate of drug-likeness (QED) is 0.874. The molecule has 0 radical (unpaired) electrons. The molecule has 0 saturated carbocycles. The van der Waals surface area contributed by atoms with Crippen LogP contribution in [0.5, 0.6) is 0 Å². The number of carbonyl (C=O) groups is 2. The van der Waals surface area contributed by atoms with E-state index in [1.165, 1.54) is 11.3 Å². The number of amides is 2. The third kappa shape index (κ3) is 3.77. The Morgan fingerprint density at radius 3 is 2.88 bits per heavy atom. The summed E-state index contributed by atoms with van der Waals surface area (Å²) in [4.78, 5) is 35.8. The average molecular weight is 372 g/mol. The van der Waals surface area contributed by atoms with Crippen LogP contribution in [-0.4, -0.2) is 39.3 Å². The van der Waals surface area contributed by atoms with E-state index < -0.39 is 11.9 Å². The van der Waals surface area contributed by atoms with Gasteiger partial charge < -0.3 is 10.6 Å². The third-order valence-electron chi connectivity index (χ3n) is 4.68. The Morgan fingerprint density at radius 1 is 1.42 bits per heavy atom. The van der Waals surface area contributed by atoms with Crippen LogP contribution in [0.4, 0.5) is 0 Å². The molecule has 0 spiro atoms. The van der Waals surface area contributed by atoms with E-state index in [1.807, 2.05) is 19.2 Å². The molecule has 0 aromatic carbocycles. The molecular weight excluding hydrogens is 348 g/mol. The molecule has 2 N–H and O–H groups in total. The van der Waals surface area contributed by atoms with Gasteiger partial charge in [0.25, 0.3) is 0 Å². The Kier molecular flexibility index (Phi) is 5.36. The molecule has 1 aliphatic rings. The first kappa shape index (κ1) is 18.5. The first-order valence-corrected chi connectivity index (χ1v) is 9.70. The molecule has 1 aliphatic heterocycles. The number of aromatic nitrogens is 2. The van der Waals surface area contributed by atoms with Gasteiger partial charge in [0.2, 0.25) is 11.8 Å². The maximum Gasteiger partial charge on any atom is 0.240 e. The fourth-order valence-corrected chi connectivity index (χ4v) is 4.34. The minimum absolute atomic E-state index is 0.0794. The largest absolute Gasteiger partial charge is 0.368 e. The summed E-state index contributed by atoms with van der Waals surface area (Å²) in [6.45, 7) is 6.77. The molecule has 0 bridgehead atoms. The van der Waals surface area contributed by atoms with Crippen molar-refractivity contribution in [3.63, 3.8) is 0 Å². The van der Waals surface area contributed by atoms with Crippen molar-refractivity contribution in [1.82, 2.24) is 14.9 Å². The Hall–Kier alpha value is -2.28. The summed E-state index contributed by atoms with van der Waals surface area (Å²) in [5.41, 5.74) is 8.43. The number of likely N-dealkylation sites (tertiary alicyclic amines) is 1. The van der Waals surface area contributed by atoms with Crippen LogP contribution in [0.1, 0.15) is 49.0 Å². The number of hydrogen-bond donors (Lipinski definition) is 1. The van der Waals surface area contributed by atoms with Crippen molar-refractivity contribution in [3.05, 3.63) is 34.7 Å². The minimum Gasteiger partial charge on any atom is -0.368 e. The molecule has 1 saturated heterocycles. The predicted octanol–water partition coefficient (Wildman–Crippen LogP) is 2.66. The average Bonchev–Trinajstić information content (AvgIpc) is 3.21. The van der Waals surface area contributed by atoms with E-state index in [2.05, 4.69) is 29.9 Å². The number of thiazole rings is 1. The van der Waals surface area contributed by atoms with Crippen LogP contribution in [0, 0.1) is 6.92 Å². The van der Waals surface area contributed by atoms with Crippen molar-refractivity contribution in [2.45, 2.75) is 52.0 Å². The number of nitrogens with two attached hydrogens (primary N) is 1. The van der Waals surface area contributed by atoms with Crippen LogP contribution in [-0.2, 0) is 16.0 Å². The zero-order valence-corrected chi connectivity index (χ0v) is 16.2. The van der Waals surface area contributed by atoms with Crippen LogP contribution >= 0.6 is 11.3 Å². The molecule has 3 heterocycles. The lowest BCUT2D eigenvalue weighted by molar-refractivity contribution is -0.136. The fourth-order valence-electron chi connectivity index (χ4n) is 3.29. The maximum absolute atomic E-state index is 12.6. The lowest BCUT2D eigenvalue weighted by Crippen LogP contribution is -2.44. The second-order valence-corrected chi connectivity index (χ2v) is 8.05. The second-order valence-electron chi connectivity index (χ2n) is 6.97. The summed E-state index contributed by atoms with van der Waals surface area (Å²) >= 11 is 1.53. The molecular formula is C19H24N4O2S. The smallest absolute Gasteiger partial charge is 0.240 e. The number of nitrogens with zero attached hydrogens (tertiary/aromatic N) is 3. The molecule has 138 valence electrons. The van der Waals surface area contributed by atoms with Gasteiger partial charge in [-0.25, -0.2) is 4.98 Å².